The predicted molar refractivity (Wildman–Crippen MR) is 143 cm³/mol. The highest BCUT2D eigenvalue weighted by Crippen LogP contribution is 2.31. The van der Waals surface area contributed by atoms with Crippen LogP contribution in [0.25, 0.3) is 0 Å². The molecule has 1 heterocycles. The molecule has 4 rings (SSSR count). The Morgan fingerprint density at radius 3 is 2.54 bits per heavy atom. The van der Waals surface area contributed by atoms with E-state index in [4.69, 9.17) is 16.3 Å². The van der Waals surface area contributed by atoms with Gasteiger partial charge >= 0.3 is 5.97 Å². The van der Waals surface area contributed by atoms with E-state index in [9.17, 15) is 18.8 Å². The van der Waals surface area contributed by atoms with Crippen LogP contribution in [0.1, 0.15) is 29.3 Å². The molecule has 0 radical (unpaired) electrons. The van der Waals surface area contributed by atoms with E-state index in [1.807, 2.05) is 0 Å². The molecule has 1 aliphatic rings. The maximum Gasteiger partial charge on any atom is 0.338 e. The first kappa shape index (κ1) is 26.4. The van der Waals surface area contributed by atoms with Crippen LogP contribution in [0.5, 0.6) is 0 Å². The van der Waals surface area contributed by atoms with Crippen LogP contribution < -0.4 is 5.32 Å². The number of rotatable bonds is 7. The van der Waals surface area contributed by atoms with Crippen molar-refractivity contribution in [3.8, 4) is 0 Å². The molecule has 1 atom stereocenters. The lowest BCUT2D eigenvalue weighted by atomic mass is 10.1. The molecule has 7 nitrogen and oxygen atoms in total. The summed E-state index contributed by atoms with van der Waals surface area (Å²) < 4.78 is 18.3. The Kier molecular flexibility index (Phi) is 8.58. The van der Waals surface area contributed by atoms with Crippen molar-refractivity contribution in [3.05, 3.63) is 94.8 Å². The number of hydrogen-bond donors (Lipinski definition) is 1. The smallest absolute Gasteiger partial charge is 0.338 e. The summed E-state index contributed by atoms with van der Waals surface area (Å²) in [5.41, 5.74) is 2.10. The largest absolute Gasteiger partial charge is 0.462 e. The molecule has 0 aliphatic carbocycles. The average Bonchev–Trinajstić information content (AvgIpc) is 2.87. The number of thioether (sulfide) groups is 1. The molecular formula is C27H23ClFN3O4S. The maximum atomic E-state index is 13.4. The Bertz CT molecular complexity index is 1330. The van der Waals surface area contributed by atoms with Crippen molar-refractivity contribution in [1.29, 1.82) is 0 Å². The third kappa shape index (κ3) is 6.96. The zero-order valence-corrected chi connectivity index (χ0v) is 21.4. The quantitative estimate of drug-likeness (QED) is 0.382. The monoisotopic (exact) mass is 539 g/mol. The molecule has 1 aliphatic heterocycles. The van der Waals surface area contributed by atoms with Gasteiger partial charge in [0.2, 0.25) is 11.8 Å². The van der Waals surface area contributed by atoms with Crippen LogP contribution in [0.3, 0.4) is 0 Å². The lowest BCUT2D eigenvalue weighted by Gasteiger charge is -2.32. The van der Waals surface area contributed by atoms with Gasteiger partial charge in [-0.15, -0.1) is 0 Å². The van der Waals surface area contributed by atoms with E-state index in [1.54, 1.807) is 67.6 Å². The Labute approximate surface area is 222 Å². The van der Waals surface area contributed by atoms with Gasteiger partial charge < -0.3 is 10.1 Å². The Morgan fingerprint density at radius 1 is 1.14 bits per heavy atom. The van der Waals surface area contributed by atoms with Crippen LogP contribution in [0.4, 0.5) is 15.8 Å². The van der Waals surface area contributed by atoms with Crippen LogP contribution in [0.2, 0.25) is 5.02 Å². The molecule has 0 saturated carbocycles. The van der Waals surface area contributed by atoms with Crippen molar-refractivity contribution in [2.24, 2.45) is 4.99 Å². The number of halogens is 2. The number of carbonyl (C=O) groups is 3. The molecule has 1 unspecified atom stereocenters. The molecule has 10 heteroatoms. The second-order valence-corrected chi connectivity index (χ2v) is 9.68. The summed E-state index contributed by atoms with van der Waals surface area (Å²) in [5, 5.41) is 2.88. The van der Waals surface area contributed by atoms with E-state index in [1.165, 1.54) is 17.0 Å². The highest BCUT2D eigenvalue weighted by Gasteiger charge is 2.36. The van der Waals surface area contributed by atoms with Crippen LogP contribution in [0.15, 0.2) is 77.8 Å². The highest BCUT2D eigenvalue weighted by molar-refractivity contribution is 8.15. The molecule has 0 aromatic heterocycles. The second kappa shape index (κ2) is 12.0. The molecular weight excluding hydrogens is 517 g/mol. The zero-order valence-electron chi connectivity index (χ0n) is 19.8. The normalized spacial score (nSPS) is 16.5. The van der Waals surface area contributed by atoms with Gasteiger partial charge in [-0.1, -0.05) is 41.6 Å². The van der Waals surface area contributed by atoms with E-state index in [-0.39, 0.29) is 37.2 Å². The number of nitrogens with one attached hydrogen (secondary N) is 1. The minimum absolute atomic E-state index is 0.0484. The van der Waals surface area contributed by atoms with Gasteiger partial charge in [0.05, 0.1) is 24.4 Å². The van der Waals surface area contributed by atoms with Gasteiger partial charge in [0.1, 0.15) is 11.1 Å². The van der Waals surface area contributed by atoms with Gasteiger partial charge in [-0.05, 0) is 67.1 Å². The fraction of sp³-hybridized carbons (Fsp3) is 0.185. The SMILES string of the molecule is CCOC(=O)c1ccc(NC(=O)C2CC(=O)N(Cc3ccc(F)cc3)C(=Nc3cccc(Cl)c3)S2)cc1. The number of aliphatic imine (C=N–C) groups is 1. The van der Waals surface area contributed by atoms with Crippen LogP contribution in [-0.4, -0.2) is 39.7 Å². The van der Waals surface area contributed by atoms with Crippen molar-refractivity contribution in [2.75, 3.05) is 11.9 Å². The molecule has 190 valence electrons. The molecule has 1 N–H and O–H groups in total. The fourth-order valence-corrected chi connectivity index (χ4v) is 4.83. The number of carbonyl (C=O) groups excluding carboxylic acids is 3. The van der Waals surface area contributed by atoms with Gasteiger partial charge in [0.15, 0.2) is 5.17 Å². The Morgan fingerprint density at radius 2 is 1.86 bits per heavy atom. The molecule has 2 amide bonds. The summed E-state index contributed by atoms with van der Waals surface area (Å²) in [6, 6.07) is 19.0. The Balaban J connectivity index is 1.54. The summed E-state index contributed by atoms with van der Waals surface area (Å²) in [4.78, 5) is 44.2. The molecule has 3 aromatic rings. The standard InChI is InChI=1S/C27H23ClFN3O4S/c1-2-36-26(35)18-8-12-21(13-9-18)30-25(34)23-15-24(33)32(16-17-6-10-20(29)11-7-17)27(37-23)31-22-5-3-4-19(28)14-22/h3-14,23H,2,15-16H2,1H3,(H,30,34). The average molecular weight is 540 g/mol. The number of amides is 2. The minimum atomic E-state index is -0.736. The van der Waals surface area contributed by atoms with Crippen molar-refractivity contribution in [3.63, 3.8) is 0 Å². The molecule has 37 heavy (non-hydrogen) atoms. The topological polar surface area (TPSA) is 88.1 Å². The highest BCUT2D eigenvalue weighted by atomic mass is 35.5. The van der Waals surface area contributed by atoms with Crippen LogP contribution in [-0.2, 0) is 20.9 Å². The van der Waals surface area contributed by atoms with Crippen LogP contribution in [0, 0.1) is 5.82 Å². The summed E-state index contributed by atoms with van der Waals surface area (Å²) in [7, 11) is 0. The van der Waals surface area contributed by atoms with Gasteiger partial charge in [0.25, 0.3) is 0 Å². The summed E-state index contributed by atoms with van der Waals surface area (Å²) in [5.74, 6) is -1.48. The second-order valence-electron chi connectivity index (χ2n) is 8.08. The molecule has 0 bridgehead atoms. The van der Waals surface area contributed by atoms with E-state index in [2.05, 4.69) is 10.3 Å². The first-order valence-electron chi connectivity index (χ1n) is 11.5. The molecule has 0 spiro atoms. The van der Waals surface area contributed by atoms with E-state index in [0.29, 0.717) is 27.1 Å². The van der Waals surface area contributed by atoms with Crippen molar-refractivity contribution in [1.82, 2.24) is 4.90 Å². The number of ether oxygens (including phenoxy) is 1. The maximum absolute atomic E-state index is 13.4. The third-order valence-corrected chi connectivity index (χ3v) is 6.81. The lowest BCUT2D eigenvalue weighted by molar-refractivity contribution is -0.129. The number of nitrogens with zero attached hydrogens (tertiary/aromatic N) is 2. The molecule has 1 saturated heterocycles. The number of benzene rings is 3. The lowest BCUT2D eigenvalue weighted by Crippen LogP contribution is -2.44. The summed E-state index contributed by atoms with van der Waals surface area (Å²) >= 11 is 7.26. The predicted octanol–water partition coefficient (Wildman–Crippen LogP) is 5.82. The van der Waals surface area contributed by atoms with Crippen LogP contribution >= 0.6 is 23.4 Å². The summed E-state index contributed by atoms with van der Waals surface area (Å²) in [6.45, 7) is 2.16. The van der Waals surface area contributed by atoms with Crippen molar-refractivity contribution < 1.29 is 23.5 Å². The minimum Gasteiger partial charge on any atom is -0.462 e. The summed E-state index contributed by atoms with van der Waals surface area (Å²) in [6.07, 6.45) is -0.0484. The van der Waals surface area contributed by atoms with Crippen molar-refractivity contribution in [2.45, 2.75) is 25.1 Å². The first-order chi connectivity index (χ1) is 17.8. The van der Waals surface area contributed by atoms with E-state index < -0.39 is 11.2 Å². The molecule has 1 fully saturated rings. The zero-order chi connectivity index (χ0) is 26.4. The van der Waals surface area contributed by atoms with E-state index >= 15 is 0 Å². The van der Waals surface area contributed by atoms with Gasteiger partial charge in [0, 0.05) is 17.1 Å². The number of anilines is 1. The number of esters is 1. The van der Waals surface area contributed by atoms with Gasteiger partial charge in [-0.25, -0.2) is 14.2 Å². The third-order valence-electron chi connectivity index (χ3n) is 5.38. The number of amidine groups is 1. The molecule has 3 aromatic carbocycles. The van der Waals surface area contributed by atoms with Crippen molar-refractivity contribution >= 4 is 57.7 Å². The fourth-order valence-electron chi connectivity index (χ4n) is 3.55. The van der Waals surface area contributed by atoms with Gasteiger partial charge in [-0.2, -0.15) is 0 Å². The van der Waals surface area contributed by atoms with Gasteiger partial charge in [-0.3, -0.25) is 14.5 Å². The first-order valence-corrected chi connectivity index (χ1v) is 12.7. The van der Waals surface area contributed by atoms with E-state index in [0.717, 1.165) is 17.3 Å². The number of hydrogen-bond acceptors (Lipinski definition) is 6. The Hall–Kier alpha value is -3.69.